The summed E-state index contributed by atoms with van der Waals surface area (Å²) in [6.07, 6.45) is -0.844. The summed E-state index contributed by atoms with van der Waals surface area (Å²) in [5.74, 6) is 0.283. The number of nitrogens with zero attached hydrogens (tertiary/aromatic N) is 3. The molecule has 1 atom stereocenters. The van der Waals surface area contributed by atoms with Crippen LogP contribution in [0.2, 0.25) is 5.02 Å². The highest BCUT2D eigenvalue weighted by Gasteiger charge is 2.20. The molecule has 0 amide bonds. The quantitative estimate of drug-likeness (QED) is 0.528. The lowest BCUT2D eigenvalue weighted by Crippen LogP contribution is -2.17. The van der Waals surface area contributed by atoms with E-state index in [1.54, 1.807) is 19.1 Å². The highest BCUT2D eigenvalue weighted by molar-refractivity contribution is 6.32. The Kier molecular flexibility index (Phi) is 4.79. The van der Waals surface area contributed by atoms with Gasteiger partial charge in [-0.1, -0.05) is 23.7 Å². The van der Waals surface area contributed by atoms with Crippen LogP contribution in [0.1, 0.15) is 18.3 Å². The fourth-order valence-electron chi connectivity index (χ4n) is 2.42. The number of para-hydroxylation sites is 2. The van der Waals surface area contributed by atoms with Gasteiger partial charge in [-0.15, -0.1) is 0 Å². The van der Waals surface area contributed by atoms with Gasteiger partial charge in [0.25, 0.3) is 0 Å². The molecule has 0 aliphatic carbocycles. The Balaban J connectivity index is 1.92. The van der Waals surface area contributed by atoms with Gasteiger partial charge in [0, 0.05) is 0 Å². The van der Waals surface area contributed by atoms with Crippen molar-refractivity contribution >= 4 is 28.2 Å². The molecular formula is C19H13ClN4O2. The minimum Gasteiger partial charge on any atom is -0.507 e. The van der Waals surface area contributed by atoms with E-state index in [4.69, 9.17) is 21.6 Å². The minimum absolute atomic E-state index is 0.0153. The van der Waals surface area contributed by atoms with Gasteiger partial charge < -0.3 is 14.8 Å². The van der Waals surface area contributed by atoms with Crippen LogP contribution < -0.4 is 4.74 Å². The second-order valence-corrected chi connectivity index (χ2v) is 5.90. The zero-order chi connectivity index (χ0) is 18.7. The van der Waals surface area contributed by atoms with Crippen molar-refractivity contribution in [3.63, 3.8) is 0 Å². The molecule has 2 N–H and O–H groups in total. The molecule has 128 valence electrons. The van der Waals surface area contributed by atoms with Gasteiger partial charge in [-0.25, -0.2) is 4.98 Å². The van der Waals surface area contributed by atoms with E-state index in [-0.39, 0.29) is 22.2 Å². The van der Waals surface area contributed by atoms with E-state index in [0.717, 1.165) is 5.52 Å². The summed E-state index contributed by atoms with van der Waals surface area (Å²) in [5, 5.41) is 29.1. The van der Waals surface area contributed by atoms with Crippen molar-refractivity contribution in [3.8, 4) is 17.9 Å². The maximum Gasteiger partial charge on any atom is 0.154 e. The number of aromatic nitrogens is 2. The number of fused-ring (bicyclic) bond motifs is 1. The molecule has 1 unspecified atom stereocenters. The molecule has 0 aliphatic rings. The molecule has 0 fully saturated rings. The standard InChI is InChI=1S/C19H13ClN4O2/c1-11(26-17-7-6-12(9-21)8-14(17)20)18(25)13(10-22)19-23-15-4-2-3-5-16(15)24-19/h2-8,11,25H,1H3,(H,23,24)/b18-13-. The summed E-state index contributed by atoms with van der Waals surface area (Å²) in [5.41, 5.74) is 1.83. The first-order valence-electron chi connectivity index (χ1n) is 7.68. The smallest absolute Gasteiger partial charge is 0.154 e. The summed E-state index contributed by atoms with van der Waals surface area (Å²) < 4.78 is 5.64. The summed E-state index contributed by atoms with van der Waals surface area (Å²) >= 11 is 6.08. The molecule has 7 heteroatoms. The number of rotatable bonds is 4. The van der Waals surface area contributed by atoms with Crippen molar-refractivity contribution in [1.29, 1.82) is 10.5 Å². The molecular weight excluding hydrogens is 352 g/mol. The van der Waals surface area contributed by atoms with Gasteiger partial charge in [0.2, 0.25) is 0 Å². The normalized spacial score (nSPS) is 12.8. The lowest BCUT2D eigenvalue weighted by atomic mass is 10.1. The summed E-state index contributed by atoms with van der Waals surface area (Å²) in [7, 11) is 0. The summed E-state index contributed by atoms with van der Waals surface area (Å²) in [6, 6.07) is 15.8. The van der Waals surface area contributed by atoms with Gasteiger partial charge in [0.15, 0.2) is 17.7 Å². The van der Waals surface area contributed by atoms with E-state index in [2.05, 4.69) is 9.97 Å². The average Bonchev–Trinajstić information content (AvgIpc) is 3.07. The topological polar surface area (TPSA) is 106 Å². The maximum absolute atomic E-state index is 10.5. The van der Waals surface area contributed by atoms with E-state index in [1.165, 1.54) is 12.1 Å². The van der Waals surface area contributed by atoms with E-state index in [9.17, 15) is 10.4 Å². The molecule has 0 spiro atoms. The largest absolute Gasteiger partial charge is 0.507 e. The molecule has 0 saturated carbocycles. The van der Waals surface area contributed by atoms with E-state index in [0.29, 0.717) is 16.8 Å². The van der Waals surface area contributed by atoms with Crippen molar-refractivity contribution in [2.75, 3.05) is 0 Å². The highest BCUT2D eigenvalue weighted by atomic mass is 35.5. The Morgan fingerprint density at radius 2 is 2.04 bits per heavy atom. The third-order valence-corrected chi connectivity index (χ3v) is 4.04. The van der Waals surface area contributed by atoms with Gasteiger partial charge in [-0.3, -0.25) is 0 Å². The number of nitrogens with one attached hydrogen (secondary N) is 1. The maximum atomic E-state index is 10.5. The first kappa shape index (κ1) is 17.3. The molecule has 0 bridgehead atoms. The summed E-state index contributed by atoms with van der Waals surface area (Å²) in [6.45, 7) is 1.59. The number of ether oxygens (including phenoxy) is 1. The van der Waals surface area contributed by atoms with Crippen LogP contribution >= 0.6 is 11.6 Å². The second-order valence-electron chi connectivity index (χ2n) is 5.49. The Morgan fingerprint density at radius 3 is 2.69 bits per heavy atom. The number of halogens is 1. The van der Waals surface area contributed by atoms with Crippen molar-refractivity contribution in [2.45, 2.75) is 13.0 Å². The number of imidazole rings is 1. The minimum atomic E-state index is -0.844. The number of hydrogen-bond acceptors (Lipinski definition) is 5. The van der Waals surface area contributed by atoms with E-state index >= 15 is 0 Å². The number of H-pyrrole nitrogens is 1. The van der Waals surface area contributed by atoms with Crippen LogP contribution in [0.25, 0.3) is 16.6 Å². The molecule has 3 rings (SSSR count). The molecule has 26 heavy (non-hydrogen) atoms. The molecule has 0 radical (unpaired) electrons. The van der Waals surface area contributed by atoms with Gasteiger partial charge in [-0.05, 0) is 37.3 Å². The lowest BCUT2D eigenvalue weighted by molar-refractivity contribution is 0.193. The predicted molar refractivity (Wildman–Crippen MR) is 97.5 cm³/mol. The van der Waals surface area contributed by atoms with Gasteiger partial charge in [-0.2, -0.15) is 10.5 Å². The van der Waals surface area contributed by atoms with Crippen molar-refractivity contribution in [3.05, 3.63) is 64.6 Å². The first-order valence-corrected chi connectivity index (χ1v) is 8.06. The van der Waals surface area contributed by atoms with Crippen LogP contribution in [0.4, 0.5) is 0 Å². The number of benzene rings is 2. The fourth-order valence-corrected chi connectivity index (χ4v) is 2.64. The monoisotopic (exact) mass is 364 g/mol. The number of aliphatic hydroxyl groups is 1. The second kappa shape index (κ2) is 7.18. The zero-order valence-electron chi connectivity index (χ0n) is 13.7. The molecule has 6 nitrogen and oxygen atoms in total. The van der Waals surface area contributed by atoms with Crippen LogP contribution in [0, 0.1) is 22.7 Å². The first-order chi connectivity index (χ1) is 12.5. The van der Waals surface area contributed by atoms with Crippen LogP contribution in [0.3, 0.4) is 0 Å². The Labute approximate surface area is 154 Å². The Bertz CT molecular complexity index is 1060. The third-order valence-electron chi connectivity index (χ3n) is 3.74. The van der Waals surface area contributed by atoms with Crippen LogP contribution in [-0.2, 0) is 0 Å². The highest BCUT2D eigenvalue weighted by Crippen LogP contribution is 2.28. The fraction of sp³-hybridized carbons (Fsp3) is 0.105. The van der Waals surface area contributed by atoms with E-state index < -0.39 is 6.10 Å². The molecule has 1 heterocycles. The molecule has 3 aromatic rings. The van der Waals surface area contributed by atoms with Gasteiger partial charge >= 0.3 is 0 Å². The molecule has 0 aliphatic heterocycles. The Hall–Kier alpha value is -3.48. The lowest BCUT2D eigenvalue weighted by Gasteiger charge is -2.16. The van der Waals surface area contributed by atoms with Crippen LogP contribution in [0.5, 0.6) is 5.75 Å². The van der Waals surface area contributed by atoms with Crippen molar-refractivity contribution in [1.82, 2.24) is 9.97 Å². The zero-order valence-corrected chi connectivity index (χ0v) is 14.4. The predicted octanol–water partition coefficient (Wildman–Crippen LogP) is 4.35. The van der Waals surface area contributed by atoms with E-state index in [1.807, 2.05) is 30.3 Å². The van der Waals surface area contributed by atoms with Gasteiger partial charge in [0.1, 0.15) is 17.4 Å². The average molecular weight is 365 g/mol. The molecule has 1 aromatic heterocycles. The SMILES string of the molecule is CC(Oc1ccc(C#N)cc1Cl)/C(O)=C(\C#N)c1nc2ccccc2[nH]1. The van der Waals surface area contributed by atoms with Crippen molar-refractivity contribution in [2.24, 2.45) is 0 Å². The Morgan fingerprint density at radius 1 is 1.27 bits per heavy atom. The number of allylic oxidation sites excluding steroid dienone is 1. The summed E-state index contributed by atoms with van der Waals surface area (Å²) in [4.78, 5) is 7.32. The van der Waals surface area contributed by atoms with Crippen LogP contribution in [0.15, 0.2) is 48.2 Å². The number of nitriles is 2. The number of aromatic amines is 1. The number of hydrogen-bond donors (Lipinski definition) is 2. The molecule has 2 aromatic carbocycles. The number of aliphatic hydroxyl groups excluding tert-OH is 1. The van der Waals surface area contributed by atoms with Gasteiger partial charge in [0.05, 0.1) is 27.7 Å². The van der Waals surface area contributed by atoms with Crippen LogP contribution in [-0.4, -0.2) is 21.2 Å². The molecule has 0 saturated heterocycles. The third kappa shape index (κ3) is 3.32. The van der Waals surface area contributed by atoms with Crippen molar-refractivity contribution < 1.29 is 9.84 Å².